The summed E-state index contributed by atoms with van der Waals surface area (Å²) in [5.41, 5.74) is 5.39. The van der Waals surface area contributed by atoms with Crippen LogP contribution in [0.1, 0.15) is 117 Å². The number of carbonyl (C=O) groups is 1. The first-order valence-corrected chi connectivity index (χ1v) is 17.3. The Morgan fingerprint density at radius 3 is 2.42 bits per heavy atom. The Hall–Kier alpha value is -3.54. The fourth-order valence-corrected chi connectivity index (χ4v) is 7.10. The molecule has 0 bridgehead atoms. The first-order chi connectivity index (χ1) is 21.8. The number of pyridine rings is 1. The molecule has 2 aliphatic rings. The Morgan fingerprint density at radius 2 is 1.80 bits per heavy atom. The lowest BCUT2D eigenvalue weighted by atomic mass is 9.73. The topological polar surface area (TPSA) is 57.6 Å². The van der Waals surface area contributed by atoms with E-state index in [0.717, 1.165) is 85.1 Å². The zero-order valence-electron chi connectivity index (χ0n) is 28.5. The van der Waals surface area contributed by atoms with E-state index in [9.17, 15) is 4.79 Å². The fraction of sp³-hybridized carbons (Fsp3) is 0.513. The van der Waals surface area contributed by atoms with Gasteiger partial charge in [-0.25, -0.2) is 9.37 Å². The van der Waals surface area contributed by atoms with Gasteiger partial charge in [0.25, 0.3) is 0 Å². The zero-order chi connectivity index (χ0) is 32.6. The van der Waals surface area contributed by atoms with Gasteiger partial charge in [0.1, 0.15) is 11.6 Å². The number of aliphatic imine (C=N–C) groups is 1. The minimum absolute atomic E-state index is 0.249. The number of anilines is 2. The zero-order valence-corrected chi connectivity index (χ0v) is 28.5. The van der Waals surface area contributed by atoms with Gasteiger partial charge in [-0.15, -0.1) is 0 Å². The van der Waals surface area contributed by atoms with Crippen LogP contribution in [0.5, 0.6) is 0 Å². The average Bonchev–Trinajstić information content (AvgIpc) is 3.24. The van der Waals surface area contributed by atoms with Crippen LogP contribution in [0.15, 0.2) is 65.1 Å². The second-order valence-corrected chi connectivity index (χ2v) is 12.7. The second-order valence-electron chi connectivity index (χ2n) is 12.7. The molecule has 5 nitrogen and oxygen atoms in total. The molecule has 1 aromatic heterocycles. The highest BCUT2D eigenvalue weighted by molar-refractivity contribution is 6.09. The van der Waals surface area contributed by atoms with Gasteiger partial charge in [0.15, 0.2) is 0 Å². The highest BCUT2D eigenvalue weighted by Crippen LogP contribution is 2.52. The van der Waals surface area contributed by atoms with E-state index in [1.54, 1.807) is 12.2 Å². The van der Waals surface area contributed by atoms with Gasteiger partial charge >= 0.3 is 0 Å². The summed E-state index contributed by atoms with van der Waals surface area (Å²) in [6.07, 6.45) is 18.5. The summed E-state index contributed by atoms with van der Waals surface area (Å²) in [5.74, 6) is 1.19. The van der Waals surface area contributed by atoms with Crippen molar-refractivity contribution in [2.24, 2.45) is 10.9 Å². The number of benzene rings is 1. The number of amides is 1. The van der Waals surface area contributed by atoms with Crippen molar-refractivity contribution in [3.8, 4) is 11.3 Å². The monoisotopic (exact) mass is 612 g/mol. The molecule has 1 aliphatic heterocycles. The predicted octanol–water partition coefficient (Wildman–Crippen LogP) is 11.1. The second kappa shape index (κ2) is 15.6. The van der Waals surface area contributed by atoms with Gasteiger partial charge in [-0.05, 0) is 88.1 Å². The van der Waals surface area contributed by atoms with E-state index in [2.05, 4.69) is 56.1 Å². The van der Waals surface area contributed by atoms with Crippen molar-refractivity contribution in [2.75, 3.05) is 10.2 Å². The number of hydrogen-bond acceptors (Lipinski definition) is 4. The molecule has 1 N–H and O–H groups in total. The fourth-order valence-electron chi connectivity index (χ4n) is 7.10. The molecule has 0 unspecified atom stereocenters. The molecule has 2 aromatic rings. The Bertz CT molecular complexity index is 1460. The SMILES string of the molecule is C\C=C/C(Nc1nc(-c2ccc3c(c2)N(C2CC(CCC)C2)C(=O)C3(CCC)CCC)cc(N=CCC)c1C)=C(F)\C=C\CC. The molecule has 1 saturated carbocycles. The van der Waals surface area contributed by atoms with Crippen LogP contribution in [-0.4, -0.2) is 23.1 Å². The van der Waals surface area contributed by atoms with Crippen LogP contribution in [0.25, 0.3) is 11.3 Å². The molecule has 0 radical (unpaired) electrons. The minimum atomic E-state index is -0.465. The lowest BCUT2D eigenvalue weighted by molar-refractivity contribution is -0.124. The van der Waals surface area contributed by atoms with E-state index in [1.165, 1.54) is 18.9 Å². The molecule has 0 saturated heterocycles. The van der Waals surface area contributed by atoms with Crippen LogP contribution >= 0.6 is 0 Å². The molecule has 6 heteroatoms. The number of rotatable bonds is 15. The van der Waals surface area contributed by atoms with Crippen molar-refractivity contribution in [2.45, 2.75) is 124 Å². The van der Waals surface area contributed by atoms with E-state index in [4.69, 9.17) is 9.98 Å². The molecule has 1 aliphatic carbocycles. The number of nitrogens with one attached hydrogen (secondary N) is 1. The Morgan fingerprint density at radius 1 is 1.07 bits per heavy atom. The normalized spacial score (nSPS) is 19.9. The number of aromatic nitrogens is 1. The standard InChI is InChI=1S/C39H53FN4O/c1-8-14-17-32(40)33(16-10-3)42-37-27(7)34(41-22-13-6)26-35(43-37)29-18-19-31-36(25-29)44(30-23-28(24-30)15-9-2)38(45)39(31,20-11-4)21-12-5/h10,14,16-19,22,25-26,28,30H,8-9,11-13,15,20-21,23-24H2,1-7H3,(H,42,43)/b16-10-,17-14+,33-32-,41-22?. The number of halogens is 1. The maximum absolute atomic E-state index is 15.2. The van der Waals surface area contributed by atoms with Gasteiger partial charge in [0.2, 0.25) is 5.91 Å². The largest absolute Gasteiger partial charge is 0.338 e. The van der Waals surface area contributed by atoms with E-state index >= 15 is 4.39 Å². The third-order valence-corrected chi connectivity index (χ3v) is 9.32. The van der Waals surface area contributed by atoms with Crippen molar-refractivity contribution < 1.29 is 9.18 Å². The average molecular weight is 613 g/mol. The molecule has 1 fully saturated rings. The highest BCUT2D eigenvalue weighted by atomic mass is 19.1. The molecular weight excluding hydrogens is 559 g/mol. The minimum Gasteiger partial charge on any atom is -0.338 e. The van der Waals surface area contributed by atoms with Gasteiger partial charge in [-0.1, -0.05) is 84.6 Å². The van der Waals surface area contributed by atoms with Crippen molar-refractivity contribution in [1.82, 2.24) is 4.98 Å². The Kier molecular flexibility index (Phi) is 11.9. The summed E-state index contributed by atoms with van der Waals surface area (Å²) in [6.45, 7) is 14.5. The van der Waals surface area contributed by atoms with Crippen molar-refractivity contribution in [1.29, 1.82) is 0 Å². The van der Waals surface area contributed by atoms with E-state index in [0.29, 0.717) is 17.4 Å². The summed E-state index contributed by atoms with van der Waals surface area (Å²) >= 11 is 0. The van der Waals surface area contributed by atoms with E-state index in [1.807, 2.05) is 39.1 Å². The van der Waals surface area contributed by atoms with Crippen LogP contribution in [0.3, 0.4) is 0 Å². The first-order valence-electron chi connectivity index (χ1n) is 17.3. The van der Waals surface area contributed by atoms with Crippen molar-refractivity contribution in [3.05, 3.63) is 71.2 Å². The number of allylic oxidation sites excluding steroid dienone is 5. The quantitative estimate of drug-likeness (QED) is 0.161. The van der Waals surface area contributed by atoms with Crippen LogP contribution in [-0.2, 0) is 10.2 Å². The van der Waals surface area contributed by atoms with Gasteiger partial charge in [0.05, 0.1) is 22.5 Å². The molecule has 242 valence electrons. The number of nitrogens with zero attached hydrogens (tertiary/aromatic N) is 3. The molecule has 0 atom stereocenters. The summed E-state index contributed by atoms with van der Waals surface area (Å²) < 4.78 is 15.2. The lowest BCUT2D eigenvalue weighted by Crippen LogP contribution is -2.50. The highest BCUT2D eigenvalue weighted by Gasteiger charge is 2.53. The van der Waals surface area contributed by atoms with E-state index < -0.39 is 5.41 Å². The van der Waals surface area contributed by atoms with Gasteiger partial charge in [-0.3, -0.25) is 9.79 Å². The number of carbonyl (C=O) groups excluding carboxylic acids is 1. The third kappa shape index (κ3) is 7.15. The van der Waals surface area contributed by atoms with Crippen LogP contribution in [0.4, 0.5) is 21.6 Å². The maximum Gasteiger partial charge on any atom is 0.237 e. The van der Waals surface area contributed by atoms with Crippen molar-refractivity contribution in [3.63, 3.8) is 0 Å². The van der Waals surface area contributed by atoms with Gasteiger partial charge in [-0.2, -0.15) is 0 Å². The Balaban J connectivity index is 1.85. The summed E-state index contributed by atoms with van der Waals surface area (Å²) in [7, 11) is 0. The molecule has 2 heterocycles. The molecule has 45 heavy (non-hydrogen) atoms. The number of fused-ring (bicyclic) bond motifs is 1. The maximum atomic E-state index is 15.2. The van der Waals surface area contributed by atoms with Crippen LogP contribution in [0, 0.1) is 12.8 Å². The molecule has 1 aromatic carbocycles. The summed E-state index contributed by atoms with van der Waals surface area (Å²) in [5, 5.41) is 3.27. The third-order valence-electron chi connectivity index (χ3n) is 9.32. The first kappa shape index (κ1) is 34.3. The summed E-state index contributed by atoms with van der Waals surface area (Å²) in [6, 6.07) is 8.72. The molecule has 0 spiro atoms. The number of hydrogen-bond donors (Lipinski definition) is 1. The molecule has 4 rings (SSSR count). The smallest absolute Gasteiger partial charge is 0.237 e. The predicted molar refractivity (Wildman–Crippen MR) is 189 cm³/mol. The van der Waals surface area contributed by atoms with Gasteiger partial charge in [0, 0.05) is 29.1 Å². The molecule has 1 amide bonds. The lowest BCUT2D eigenvalue weighted by Gasteiger charge is -2.42. The summed E-state index contributed by atoms with van der Waals surface area (Å²) in [4.78, 5) is 26.4. The van der Waals surface area contributed by atoms with Crippen LogP contribution in [0.2, 0.25) is 0 Å². The van der Waals surface area contributed by atoms with Crippen LogP contribution < -0.4 is 10.2 Å². The Labute approximate surface area is 270 Å². The molecular formula is C39H53FN4O. The van der Waals surface area contributed by atoms with Gasteiger partial charge < -0.3 is 10.2 Å². The van der Waals surface area contributed by atoms with Crippen molar-refractivity contribution >= 4 is 29.3 Å². The van der Waals surface area contributed by atoms with E-state index in [-0.39, 0.29) is 17.8 Å².